The number of hydrogen-bond donors (Lipinski definition) is 1. The maximum absolute atomic E-state index is 13.1. The minimum Gasteiger partial charge on any atom is -0.484 e. The quantitative estimate of drug-likeness (QED) is 0.551. The van der Waals surface area contributed by atoms with E-state index in [0.29, 0.717) is 22.5 Å². The molecule has 0 saturated carbocycles. The molecular weight excluding hydrogens is 453 g/mol. The molecule has 1 aliphatic heterocycles. The van der Waals surface area contributed by atoms with Gasteiger partial charge >= 0.3 is 6.18 Å². The molecule has 178 valence electrons. The van der Waals surface area contributed by atoms with Crippen molar-refractivity contribution < 1.29 is 31.9 Å². The third kappa shape index (κ3) is 5.03. The Morgan fingerprint density at radius 2 is 2.12 bits per heavy atom. The van der Waals surface area contributed by atoms with Crippen molar-refractivity contribution in [3.8, 4) is 5.75 Å². The smallest absolute Gasteiger partial charge is 0.422 e. The molecule has 1 unspecified atom stereocenters. The molecule has 0 aliphatic carbocycles. The molecule has 3 aromatic rings. The Labute approximate surface area is 192 Å². The molecule has 2 amide bonds. The third-order valence-corrected chi connectivity index (χ3v) is 5.49. The van der Waals surface area contributed by atoms with Crippen LogP contribution in [0, 0.1) is 6.92 Å². The second-order valence-corrected chi connectivity index (χ2v) is 7.92. The van der Waals surface area contributed by atoms with Crippen molar-refractivity contribution in [1.29, 1.82) is 0 Å². The van der Waals surface area contributed by atoms with Gasteiger partial charge in [-0.05, 0) is 37.1 Å². The normalized spacial score (nSPS) is 14.1. The Balaban J connectivity index is 1.49. The van der Waals surface area contributed by atoms with Crippen molar-refractivity contribution in [2.24, 2.45) is 0 Å². The van der Waals surface area contributed by atoms with Crippen molar-refractivity contribution in [1.82, 2.24) is 14.9 Å². The number of carbonyl (C=O) groups is 2. The number of halogens is 3. The molecule has 8 nitrogen and oxygen atoms in total. The molecular formula is C23H21F3N4O4. The molecule has 1 N–H and O–H groups in total. The number of rotatable bonds is 7. The summed E-state index contributed by atoms with van der Waals surface area (Å²) in [5, 5.41) is 2.72. The summed E-state index contributed by atoms with van der Waals surface area (Å²) in [7, 11) is 0. The number of carbonyl (C=O) groups excluding carboxylic acids is 2. The van der Waals surface area contributed by atoms with Crippen molar-refractivity contribution >= 4 is 17.6 Å². The first-order chi connectivity index (χ1) is 16.1. The van der Waals surface area contributed by atoms with E-state index in [2.05, 4.69) is 15.3 Å². The Morgan fingerprint density at radius 3 is 2.79 bits per heavy atom. The van der Waals surface area contributed by atoms with Gasteiger partial charge in [0.25, 0.3) is 5.91 Å². The summed E-state index contributed by atoms with van der Waals surface area (Å²) in [6.07, 6.45) is -0.331. The van der Waals surface area contributed by atoms with Crippen LogP contribution in [0.1, 0.15) is 45.8 Å². The molecule has 11 heteroatoms. The van der Waals surface area contributed by atoms with Crippen LogP contribution in [0.2, 0.25) is 0 Å². The van der Waals surface area contributed by atoms with E-state index in [1.807, 2.05) is 6.92 Å². The SMILES string of the molecule is Cc1cc(C(C)N2Cc3c(ccnc3NC(=O)Cc3cnco3)C2=O)ccc1OCC(F)(F)F. The lowest BCUT2D eigenvalue weighted by Gasteiger charge is -2.25. The number of ether oxygens (including phenoxy) is 1. The van der Waals surface area contributed by atoms with Crippen LogP contribution in [0.25, 0.3) is 0 Å². The standard InChI is InChI=1S/C23H21F3N4O4/c1-13-7-15(3-4-19(13)33-11-23(24,25)26)14(2)30-10-18-17(22(30)32)5-6-28-21(18)29-20(31)8-16-9-27-12-34-16/h3-7,9,12,14H,8,10-11H2,1-2H3,(H,28,29,31). The second kappa shape index (κ2) is 9.16. The van der Waals surface area contributed by atoms with Crippen molar-refractivity contribution in [3.63, 3.8) is 0 Å². The van der Waals surface area contributed by atoms with Gasteiger partial charge in [-0.3, -0.25) is 9.59 Å². The van der Waals surface area contributed by atoms with Gasteiger partial charge in [0.15, 0.2) is 13.0 Å². The Bertz CT molecular complexity index is 1210. The Kier molecular flexibility index (Phi) is 6.27. The first-order valence-electron chi connectivity index (χ1n) is 10.4. The van der Waals surface area contributed by atoms with Gasteiger partial charge in [-0.15, -0.1) is 0 Å². The average Bonchev–Trinajstić information content (AvgIpc) is 3.40. The maximum atomic E-state index is 13.1. The Hall–Kier alpha value is -3.89. The minimum atomic E-state index is -4.43. The summed E-state index contributed by atoms with van der Waals surface area (Å²) in [6.45, 7) is 2.31. The molecule has 34 heavy (non-hydrogen) atoms. The number of oxazole rings is 1. The van der Waals surface area contributed by atoms with Gasteiger partial charge in [-0.2, -0.15) is 13.2 Å². The largest absolute Gasteiger partial charge is 0.484 e. The molecule has 0 saturated heterocycles. The number of nitrogens with one attached hydrogen (secondary N) is 1. The molecule has 0 spiro atoms. The highest BCUT2D eigenvalue weighted by molar-refractivity contribution is 6.01. The second-order valence-electron chi connectivity index (χ2n) is 7.92. The fourth-order valence-corrected chi connectivity index (χ4v) is 3.77. The molecule has 0 radical (unpaired) electrons. The molecule has 0 fully saturated rings. The number of alkyl halides is 3. The van der Waals surface area contributed by atoms with Gasteiger partial charge in [0.1, 0.15) is 17.3 Å². The van der Waals surface area contributed by atoms with Gasteiger partial charge in [-0.25, -0.2) is 9.97 Å². The van der Waals surface area contributed by atoms with Gasteiger partial charge in [0.2, 0.25) is 5.91 Å². The summed E-state index contributed by atoms with van der Waals surface area (Å²) < 4.78 is 47.3. The zero-order valence-electron chi connectivity index (χ0n) is 18.3. The number of anilines is 1. The molecule has 4 rings (SSSR count). The zero-order valence-corrected chi connectivity index (χ0v) is 18.3. The van der Waals surface area contributed by atoms with Crippen LogP contribution in [0.5, 0.6) is 5.75 Å². The van der Waals surface area contributed by atoms with E-state index in [1.54, 1.807) is 30.0 Å². The highest BCUT2D eigenvalue weighted by Gasteiger charge is 2.34. The predicted molar refractivity (Wildman–Crippen MR) is 114 cm³/mol. The van der Waals surface area contributed by atoms with Gasteiger partial charge in [0, 0.05) is 17.3 Å². The molecule has 1 aromatic carbocycles. The highest BCUT2D eigenvalue weighted by Crippen LogP contribution is 2.35. The lowest BCUT2D eigenvalue weighted by atomic mass is 10.0. The maximum Gasteiger partial charge on any atom is 0.422 e. The lowest BCUT2D eigenvalue weighted by molar-refractivity contribution is -0.153. The van der Waals surface area contributed by atoms with Crippen LogP contribution in [0.4, 0.5) is 19.0 Å². The summed E-state index contributed by atoms with van der Waals surface area (Å²) >= 11 is 0. The third-order valence-electron chi connectivity index (χ3n) is 5.49. The number of fused-ring (bicyclic) bond motifs is 1. The van der Waals surface area contributed by atoms with Crippen LogP contribution in [0.15, 0.2) is 47.5 Å². The zero-order chi connectivity index (χ0) is 24.5. The number of amides is 2. The van der Waals surface area contributed by atoms with E-state index in [9.17, 15) is 22.8 Å². The molecule has 1 aliphatic rings. The van der Waals surface area contributed by atoms with Crippen molar-refractivity contribution in [2.45, 2.75) is 39.0 Å². The predicted octanol–water partition coefficient (Wildman–Crippen LogP) is 4.22. The fraction of sp³-hybridized carbons (Fsp3) is 0.304. The average molecular weight is 474 g/mol. The molecule has 1 atom stereocenters. The van der Waals surface area contributed by atoms with Crippen LogP contribution in [-0.4, -0.2) is 39.5 Å². The van der Waals surface area contributed by atoms with E-state index < -0.39 is 12.8 Å². The molecule has 2 aromatic heterocycles. The van der Waals surface area contributed by atoms with E-state index in [-0.39, 0.29) is 42.4 Å². The van der Waals surface area contributed by atoms with Crippen LogP contribution >= 0.6 is 0 Å². The number of hydrogen-bond acceptors (Lipinski definition) is 6. The first kappa shape index (κ1) is 23.3. The van der Waals surface area contributed by atoms with E-state index in [4.69, 9.17) is 9.15 Å². The van der Waals surface area contributed by atoms with Gasteiger partial charge in [0.05, 0.1) is 25.2 Å². The number of nitrogens with zero attached hydrogens (tertiary/aromatic N) is 3. The van der Waals surface area contributed by atoms with Gasteiger partial charge in [-0.1, -0.05) is 12.1 Å². The topological polar surface area (TPSA) is 97.6 Å². The number of aromatic nitrogens is 2. The van der Waals surface area contributed by atoms with Crippen molar-refractivity contribution in [2.75, 3.05) is 11.9 Å². The van der Waals surface area contributed by atoms with Crippen LogP contribution in [-0.2, 0) is 17.8 Å². The number of aryl methyl sites for hydroxylation is 1. The van der Waals surface area contributed by atoms with E-state index in [0.717, 1.165) is 5.56 Å². The summed E-state index contributed by atoms with van der Waals surface area (Å²) in [5.41, 5.74) is 2.28. The summed E-state index contributed by atoms with van der Waals surface area (Å²) in [4.78, 5) is 35.1. The van der Waals surface area contributed by atoms with Crippen LogP contribution in [0.3, 0.4) is 0 Å². The monoisotopic (exact) mass is 474 g/mol. The highest BCUT2D eigenvalue weighted by atomic mass is 19.4. The Morgan fingerprint density at radius 1 is 1.32 bits per heavy atom. The summed E-state index contributed by atoms with van der Waals surface area (Å²) in [5.74, 6) is 0.226. The first-order valence-corrected chi connectivity index (χ1v) is 10.4. The van der Waals surface area contributed by atoms with Gasteiger partial charge < -0.3 is 19.4 Å². The fourth-order valence-electron chi connectivity index (χ4n) is 3.77. The number of benzene rings is 1. The van der Waals surface area contributed by atoms with Crippen molar-refractivity contribution in [3.05, 3.63) is 71.1 Å². The molecule has 0 bridgehead atoms. The minimum absolute atomic E-state index is 0.0263. The van der Waals surface area contributed by atoms with E-state index in [1.165, 1.54) is 24.9 Å². The molecule has 3 heterocycles. The van der Waals surface area contributed by atoms with E-state index >= 15 is 0 Å². The number of pyridine rings is 1. The lowest BCUT2D eigenvalue weighted by Crippen LogP contribution is -2.27. The summed E-state index contributed by atoms with van der Waals surface area (Å²) in [6, 6.07) is 6.02. The van der Waals surface area contributed by atoms with Crippen LogP contribution < -0.4 is 10.1 Å².